The van der Waals surface area contributed by atoms with Gasteiger partial charge in [-0.3, -0.25) is 4.79 Å². The molecule has 0 amide bonds. The maximum atomic E-state index is 13.3. The third kappa shape index (κ3) is 2.42. The van der Waals surface area contributed by atoms with Crippen molar-refractivity contribution in [3.63, 3.8) is 0 Å². The second-order valence-corrected chi connectivity index (χ2v) is 2.92. The number of carbonyl (C=O) groups excluding carboxylic acids is 1. The van der Waals surface area contributed by atoms with Crippen LogP contribution in [-0.2, 0) is 0 Å². The van der Waals surface area contributed by atoms with Gasteiger partial charge in [0.15, 0.2) is 5.78 Å². The highest BCUT2D eigenvalue weighted by atomic mass is 19.1. The van der Waals surface area contributed by atoms with Gasteiger partial charge in [0.25, 0.3) is 0 Å². The van der Waals surface area contributed by atoms with Crippen LogP contribution in [0.2, 0.25) is 0 Å². The number of nitrogens with one attached hydrogen (secondary N) is 1. The Kier molecular flexibility index (Phi) is 3.40. The molecule has 1 aromatic carbocycles. The number of anilines is 1. The van der Waals surface area contributed by atoms with Crippen molar-refractivity contribution in [2.24, 2.45) is 0 Å². The maximum Gasteiger partial charge on any atom is 0.159 e. The van der Waals surface area contributed by atoms with E-state index in [-0.39, 0.29) is 5.78 Å². The summed E-state index contributed by atoms with van der Waals surface area (Å²) in [5.74, 6) is -0.557. The molecular formula is C11H12FNO. The Bertz CT molecular complexity index is 360. The molecule has 3 heteroatoms. The Hall–Kier alpha value is -1.64. The summed E-state index contributed by atoms with van der Waals surface area (Å²) in [7, 11) is 0. The van der Waals surface area contributed by atoms with Crippen molar-refractivity contribution in [2.75, 3.05) is 11.9 Å². The van der Waals surface area contributed by atoms with E-state index in [1.54, 1.807) is 18.2 Å². The zero-order chi connectivity index (χ0) is 10.6. The van der Waals surface area contributed by atoms with E-state index in [4.69, 9.17) is 0 Å². The first kappa shape index (κ1) is 10.4. The highest BCUT2D eigenvalue weighted by molar-refractivity contribution is 5.94. The van der Waals surface area contributed by atoms with Crippen LogP contribution in [0.4, 0.5) is 10.1 Å². The standard InChI is InChI=1S/C11H12FNO/c1-3-6-13-11-5-4-9(8(2)14)7-10(11)12/h3-5,7,13H,1,6H2,2H3. The van der Waals surface area contributed by atoms with Crippen LogP contribution < -0.4 is 5.32 Å². The summed E-state index contributed by atoms with van der Waals surface area (Å²) >= 11 is 0. The summed E-state index contributed by atoms with van der Waals surface area (Å²) in [4.78, 5) is 10.9. The molecule has 0 aliphatic heterocycles. The summed E-state index contributed by atoms with van der Waals surface area (Å²) in [6, 6.07) is 4.38. The first-order valence-corrected chi connectivity index (χ1v) is 4.30. The fourth-order valence-corrected chi connectivity index (χ4v) is 1.06. The SMILES string of the molecule is C=CCNc1ccc(C(C)=O)cc1F. The minimum Gasteiger partial charge on any atom is -0.379 e. The van der Waals surface area contributed by atoms with Crippen molar-refractivity contribution >= 4 is 11.5 Å². The fraction of sp³-hybridized carbons (Fsp3) is 0.182. The molecule has 14 heavy (non-hydrogen) atoms. The van der Waals surface area contributed by atoms with Crippen molar-refractivity contribution in [1.29, 1.82) is 0 Å². The zero-order valence-electron chi connectivity index (χ0n) is 8.01. The lowest BCUT2D eigenvalue weighted by molar-refractivity contribution is 0.101. The van der Waals surface area contributed by atoms with Gasteiger partial charge in [-0.1, -0.05) is 6.08 Å². The van der Waals surface area contributed by atoms with Crippen molar-refractivity contribution in [3.05, 3.63) is 42.2 Å². The van der Waals surface area contributed by atoms with Crippen molar-refractivity contribution in [1.82, 2.24) is 0 Å². The van der Waals surface area contributed by atoms with Crippen LogP contribution in [-0.4, -0.2) is 12.3 Å². The number of Topliss-reactive ketones (excluding diaryl/α,β-unsaturated/α-hetero) is 1. The average Bonchev–Trinajstić information content (AvgIpc) is 2.15. The summed E-state index contributed by atoms with van der Waals surface area (Å²) in [5, 5.41) is 2.82. The van der Waals surface area contributed by atoms with Crippen molar-refractivity contribution < 1.29 is 9.18 Å². The Labute approximate surface area is 82.4 Å². The van der Waals surface area contributed by atoms with Gasteiger partial charge < -0.3 is 5.32 Å². The molecular weight excluding hydrogens is 181 g/mol. The van der Waals surface area contributed by atoms with Gasteiger partial charge in [0.1, 0.15) is 5.82 Å². The Balaban J connectivity index is 2.89. The summed E-state index contributed by atoms with van der Waals surface area (Å²) in [6.45, 7) is 5.42. The van der Waals surface area contributed by atoms with E-state index in [1.807, 2.05) is 0 Å². The molecule has 2 nitrogen and oxygen atoms in total. The van der Waals surface area contributed by atoms with Crippen molar-refractivity contribution in [2.45, 2.75) is 6.92 Å². The van der Waals surface area contributed by atoms with Crippen LogP contribution in [0, 0.1) is 5.82 Å². The summed E-state index contributed by atoms with van der Waals surface area (Å²) in [6.07, 6.45) is 1.64. The van der Waals surface area contributed by atoms with Gasteiger partial charge in [0, 0.05) is 12.1 Å². The molecule has 1 N–H and O–H groups in total. The molecule has 0 fully saturated rings. The van der Waals surface area contributed by atoms with Crippen LogP contribution in [0.3, 0.4) is 0 Å². The molecule has 0 atom stereocenters. The first-order chi connectivity index (χ1) is 6.65. The van der Waals surface area contributed by atoms with Gasteiger partial charge in [-0.05, 0) is 25.1 Å². The lowest BCUT2D eigenvalue weighted by Crippen LogP contribution is -2.02. The number of rotatable bonds is 4. The monoisotopic (exact) mass is 193 g/mol. The van der Waals surface area contributed by atoms with Gasteiger partial charge in [0.05, 0.1) is 5.69 Å². The molecule has 0 saturated carbocycles. The van der Waals surface area contributed by atoms with E-state index in [0.717, 1.165) is 0 Å². The number of carbonyl (C=O) groups is 1. The minimum absolute atomic E-state index is 0.140. The lowest BCUT2D eigenvalue weighted by Gasteiger charge is -2.05. The molecule has 1 aromatic rings. The molecule has 0 radical (unpaired) electrons. The van der Waals surface area contributed by atoms with E-state index < -0.39 is 5.82 Å². The van der Waals surface area contributed by atoms with Crippen LogP contribution in [0.1, 0.15) is 17.3 Å². The molecule has 0 spiro atoms. The van der Waals surface area contributed by atoms with E-state index in [2.05, 4.69) is 11.9 Å². The van der Waals surface area contributed by atoms with Crippen molar-refractivity contribution in [3.8, 4) is 0 Å². The molecule has 1 rings (SSSR count). The number of benzene rings is 1. The second kappa shape index (κ2) is 4.56. The quantitative estimate of drug-likeness (QED) is 0.588. The Morgan fingerprint density at radius 1 is 1.64 bits per heavy atom. The zero-order valence-corrected chi connectivity index (χ0v) is 8.01. The normalized spacial score (nSPS) is 9.57. The van der Waals surface area contributed by atoms with E-state index in [0.29, 0.717) is 17.8 Å². The maximum absolute atomic E-state index is 13.3. The fourth-order valence-electron chi connectivity index (χ4n) is 1.06. The van der Waals surface area contributed by atoms with Gasteiger partial charge in [-0.25, -0.2) is 4.39 Å². The van der Waals surface area contributed by atoms with E-state index >= 15 is 0 Å². The molecule has 0 aromatic heterocycles. The predicted octanol–water partition coefficient (Wildman–Crippen LogP) is 2.63. The Morgan fingerprint density at radius 3 is 2.86 bits per heavy atom. The van der Waals surface area contributed by atoms with E-state index in [9.17, 15) is 9.18 Å². The number of hydrogen-bond acceptors (Lipinski definition) is 2. The lowest BCUT2D eigenvalue weighted by atomic mass is 10.1. The number of halogens is 1. The first-order valence-electron chi connectivity index (χ1n) is 4.30. The van der Waals surface area contributed by atoms with Gasteiger partial charge in [-0.2, -0.15) is 0 Å². The molecule has 74 valence electrons. The summed E-state index contributed by atoms with van der Waals surface area (Å²) in [5.41, 5.74) is 0.765. The second-order valence-electron chi connectivity index (χ2n) is 2.92. The van der Waals surface area contributed by atoms with Gasteiger partial charge in [-0.15, -0.1) is 6.58 Å². The Morgan fingerprint density at radius 2 is 2.36 bits per heavy atom. The highest BCUT2D eigenvalue weighted by Gasteiger charge is 2.04. The molecule has 0 heterocycles. The van der Waals surface area contributed by atoms with Gasteiger partial charge >= 0.3 is 0 Å². The number of ketones is 1. The molecule has 0 aliphatic carbocycles. The average molecular weight is 193 g/mol. The largest absolute Gasteiger partial charge is 0.379 e. The smallest absolute Gasteiger partial charge is 0.159 e. The molecule has 0 saturated heterocycles. The highest BCUT2D eigenvalue weighted by Crippen LogP contribution is 2.15. The minimum atomic E-state index is -0.417. The molecule has 0 aliphatic rings. The van der Waals surface area contributed by atoms with Gasteiger partial charge in [0.2, 0.25) is 0 Å². The van der Waals surface area contributed by atoms with Crippen LogP contribution >= 0.6 is 0 Å². The number of hydrogen-bond donors (Lipinski definition) is 1. The third-order valence-corrected chi connectivity index (χ3v) is 1.81. The predicted molar refractivity (Wildman–Crippen MR) is 55.1 cm³/mol. The topological polar surface area (TPSA) is 29.1 Å². The van der Waals surface area contributed by atoms with Crippen LogP contribution in [0.25, 0.3) is 0 Å². The van der Waals surface area contributed by atoms with Crippen LogP contribution in [0.15, 0.2) is 30.9 Å². The van der Waals surface area contributed by atoms with Crippen LogP contribution in [0.5, 0.6) is 0 Å². The molecule has 0 bridgehead atoms. The summed E-state index contributed by atoms with van der Waals surface area (Å²) < 4.78 is 13.3. The third-order valence-electron chi connectivity index (χ3n) is 1.81. The van der Waals surface area contributed by atoms with E-state index in [1.165, 1.54) is 13.0 Å². The molecule has 0 unspecified atom stereocenters.